The Morgan fingerprint density at radius 1 is 1.13 bits per heavy atom. The number of hydrogen-bond acceptors (Lipinski definition) is 8. The molecule has 0 aromatic heterocycles. The quantitative estimate of drug-likeness (QED) is 0.323. The highest BCUT2D eigenvalue weighted by atomic mass is 32.2. The Hall–Kier alpha value is -2.69. The molecule has 0 spiro atoms. The zero-order valence-corrected chi connectivity index (χ0v) is 17.3. The topological polar surface area (TPSA) is 117 Å². The van der Waals surface area contributed by atoms with Crippen molar-refractivity contribution in [3.8, 4) is 11.5 Å². The van der Waals surface area contributed by atoms with Crippen molar-refractivity contribution >= 4 is 10.1 Å². The van der Waals surface area contributed by atoms with Gasteiger partial charge in [0.05, 0.1) is 26.1 Å². The molecule has 162 valence electrons. The molecule has 0 bridgehead atoms. The minimum atomic E-state index is -3.97. The van der Waals surface area contributed by atoms with Gasteiger partial charge >= 0.3 is 10.1 Å². The Kier molecular flexibility index (Phi) is 6.91. The predicted octanol–water partition coefficient (Wildman–Crippen LogP) is 2.00. The number of rotatable bonds is 11. The highest BCUT2D eigenvalue weighted by molar-refractivity contribution is 7.87. The Labute approximate surface area is 175 Å². The molecule has 1 aliphatic heterocycles. The summed E-state index contributed by atoms with van der Waals surface area (Å²) in [6.45, 7) is 0.647. The minimum Gasteiger partial charge on any atom is -0.497 e. The van der Waals surface area contributed by atoms with Gasteiger partial charge < -0.3 is 13.7 Å². The van der Waals surface area contributed by atoms with E-state index in [-0.39, 0.29) is 25.4 Å². The third-order valence-electron chi connectivity index (χ3n) is 5.02. The normalized spacial score (nSPS) is 16.3. The van der Waals surface area contributed by atoms with Gasteiger partial charge in [-0.05, 0) is 29.8 Å². The molecular weight excluding hydrogens is 412 g/mol. The second-order valence-electron chi connectivity index (χ2n) is 7.10. The van der Waals surface area contributed by atoms with Crippen LogP contribution in [-0.4, -0.2) is 51.0 Å². The third-order valence-corrected chi connectivity index (χ3v) is 6.20. The number of nitro groups is 1. The second kappa shape index (κ2) is 9.41. The van der Waals surface area contributed by atoms with E-state index in [1.165, 1.54) is 12.1 Å². The molecule has 0 aliphatic carbocycles. The lowest BCUT2D eigenvalue weighted by molar-refractivity contribution is -0.543. The lowest BCUT2D eigenvalue weighted by Crippen LogP contribution is -2.69. The van der Waals surface area contributed by atoms with Crippen LogP contribution in [0.4, 0.5) is 0 Å². The molecule has 1 fully saturated rings. The van der Waals surface area contributed by atoms with Crippen LogP contribution in [0.25, 0.3) is 0 Å². The summed E-state index contributed by atoms with van der Waals surface area (Å²) in [5.74, 6) is 0.418. The molecular formula is C20H24N2O7S. The summed E-state index contributed by atoms with van der Waals surface area (Å²) < 4.78 is 40.0. The average Bonchev–Trinajstić information content (AvgIpc) is 2.69. The standard InChI is InChI=1S/C20H24N2O7S/c1-27-17-9-7-16(8-10-17)13-21-20(14-28-15-20)19(22(23)24)11-12-30(25,26)29-18-5-3-2-4-6-18/h2-10,19,21H,11-15H2,1H3. The highest BCUT2D eigenvalue weighted by Gasteiger charge is 2.52. The number of benzene rings is 2. The molecule has 1 unspecified atom stereocenters. The first kappa shape index (κ1) is 22.0. The summed E-state index contributed by atoms with van der Waals surface area (Å²) in [7, 11) is -2.39. The molecule has 1 N–H and O–H groups in total. The van der Waals surface area contributed by atoms with E-state index in [1.54, 1.807) is 37.4 Å². The van der Waals surface area contributed by atoms with Gasteiger partial charge in [0.25, 0.3) is 0 Å². The van der Waals surface area contributed by atoms with Crippen LogP contribution in [0, 0.1) is 10.1 Å². The van der Waals surface area contributed by atoms with Gasteiger partial charge in [-0.25, -0.2) is 0 Å². The van der Waals surface area contributed by atoms with Gasteiger partial charge in [-0.3, -0.25) is 15.4 Å². The van der Waals surface area contributed by atoms with E-state index >= 15 is 0 Å². The molecule has 2 aromatic rings. The molecule has 30 heavy (non-hydrogen) atoms. The first-order valence-corrected chi connectivity index (χ1v) is 11.0. The molecule has 1 heterocycles. The number of nitrogens with one attached hydrogen (secondary N) is 1. The maximum atomic E-state index is 12.3. The molecule has 10 heteroatoms. The van der Waals surface area contributed by atoms with Crippen molar-refractivity contribution < 1.29 is 27.0 Å². The van der Waals surface area contributed by atoms with E-state index in [1.807, 2.05) is 12.1 Å². The molecule has 1 saturated heterocycles. The summed E-state index contributed by atoms with van der Waals surface area (Å²) in [5, 5.41) is 15.0. The van der Waals surface area contributed by atoms with Crippen molar-refractivity contribution in [2.24, 2.45) is 0 Å². The Morgan fingerprint density at radius 3 is 2.33 bits per heavy atom. The van der Waals surface area contributed by atoms with E-state index in [0.29, 0.717) is 12.3 Å². The molecule has 1 atom stereocenters. The van der Waals surface area contributed by atoms with Crippen LogP contribution in [0.3, 0.4) is 0 Å². The van der Waals surface area contributed by atoms with E-state index < -0.39 is 32.4 Å². The van der Waals surface area contributed by atoms with Crippen LogP contribution in [-0.2, 0) is 21.4 Å². The van der Waals surface area contributed by atoms with Crippen molar-refractivity contribution in [1.82, 2.24) is 5.32 Å². The molecule has 1 aliphatic rings. The van der Waals surface area contributed by atoms with Crippen LogP contribution in [0.1, 0.15) is 12.0 Å². The maximum Gasteiger partial charge on any atom is 0.309 e. The van der Waals surface area contributed by atoms with Crippen LogP contribution in [0.5, 0.6) is 11.5 Å². The van der Waals surface area contributed by atoms with Crippen LogP contribution in [0.2, 0.25) is 0 Å². The van der Waals surface area contributed by atoms with Crippen LogP contribution < -0.4 is 14.2 Å². The van der Waals surface area contributed by atoms with E-state index in [9.17, 15) is 18.5 Å². The van der Waals surface area contributed by atoms with E-state index in [2.05, 4.69) is 5.32 Å². The summed E-state index contributed by atoms with van der Waals surface area (Å²) >= 11 is 0. The molecule has 3 rings (SSSR count). The van der Waals surface area contributed by atoms with Crippen molar-refractivity contribution in [3.63, 3.8) is 0 Å². The van der Waals surface area contributed by atoms with E-state index in [0.717, 1.165) is 5.56 Å². The number of para-hydroxylation sites is 1. The fourth-order valence-electron chi connectivity index (χ4n) is 3.26. The SMILES string of the molecule is COc1ccc(CNC2(C(CCS(=O)(=O)Oc3ccccc3)[N+](=O)[O-])COC2)cc1. The lowest BCUT2D eigenvalue weighted by atomic mass is 9.86. The first-order valence-electron chi connectivity index (χ1n) is 9.40. The summed E-state index contributed by atoms with van der Waals surface area (Å²) in [4.78, 5) is 11.3. The molecule has 9 nitrogen and oxygen atoms in total. The number of hydrogen-bond donors (Lipinski definition) is 1. The fraction of sp³-hybridized carbons (Fsp3) is 0.400. The Bertz CT molecular complexity index is 945. The van der Waals surface area contributed by atoms with Crippen molar-refractivity contribution in [1.29, 1.82) is 0 Å². The Morgan fingerprint density at radius 2 is 1.80 bits per heavy atom. The van der Waals surface area contributed by atoms with Gasteiger partial charge in [-0.15, -0.1) is 0 Å². The van der Waals surface area contributed by atoms with Gasteiger partial charge in [0, 0.05) is 17.9 Å². The number of ether oxygens (including phenoxy) is 2. The average molecular weight is 436 g/mol. The lowest BCUT2D eigenvalue weighted by Gasteiger charge is -2.43. The van der Waals surface area contributed by atoms with Gasteiger partial charge in [0.2, 0.25) is 6.04 Å². The molecule has 0 radical (unpaired) electrons. The highest BCUT2D eigenvalue weighted by Crippen LogP contribution is 2.27. The summed E-state index contributed by atoms with van der Waals surface area (Å²) in [5.41, 5.74) is -0.0182. The van der Waals surface area contributed by atoms with Crippen molar-refractivity contribution in [3.05, 3.63) is 70.3 Å². The first-order chi connectivity index (χ1) is 14.3. The smallest absolute Gasteiger partial charge is 0.309 e. The molecule has 2 aromatic carbocycles. The maximum absolute atomic E-state index is 12.3. The van der Waals surface area contributed by atoms with Gasteiger partial charge in [-0.1, -0.05) is 30.3 Å². The zero-order chi connectivity index (χ0) is 21.6. The molecule has 0 amide bonds. The minimum absolute atomic E-state index is 0.133. The summed E-state index contributed by atoms with van der Waals surface area (Å²) in [6.07, 6.45) is -0.193. The second-order valence-corrected chi connectivity index (χ2v) is 8.79. The van der Waals surface area contributed by atoms with Crippen LogP contribution in [0.15, 0.2) is 54.6 Å². The Balaban J connectivity index is 1.64. The predicted molar refractivity (Wildman–Crippen MR) is 110 cm³/mol. The largest absolute Gasteiger partial charge is 0.497 e. The number of nitrogens with zero attached hydrogens (tertiary/aromatic N) is 1. The van der Waals surface area contributed by atoms with E-state index in [4.69, 9.17) is 13.7 Å². The molecule has 0 saturated carbocycles. The summed E-state index contributed by atoms with van der Waals surface area (Å²) in [6, 6.07) is 14.2. The number of methoxy groups -OCH3 is 1. The van der Waals surface area contributed by atoms with Crippen LogP contribution >= 0.6 is 0 Å². The third kappa shape index (κ3) is 5.47. The van der Waals surface area contributed by atoms with Crippen molar-refractivity contribution in [2.45, 2.75) is 24.5 Å². The van der Waals surface area contributed by atoms with Gasteiger partial charge in [0.1, 0.15) is 17.0 Å². The fourth-order valence-corrected chi connectivity index (χ4v) is 4.26. The van der Waals surface area contributed by atoms with Gasteiger partial charge in [-0.2, -0.15) is 8.42 Å². The zero-order valence-electron chi connectivity index (χ0n) is 16.5. The van der Waals surface area contributed by atoms with Crippen molar-refractivity contribution in [2.75, 3.05) is 26.1 Å². The monoisotopic (exact) mass is 436 g/mol. The van der Waals surface area contributed by atoms with Gasteiger partial charge in [0.15, 0.2) is 0 Å².